The average Bonchev–Trinajstić information content (AvgIpc) is 2.56. The normalized spacial score (nSPS) is 33.0. The topological polar surface area (TPSA) is 123 Å². The van der Waals surface area contributed by atoms with E-state index in [-0.39, 0.29) is 30.4 Å². The van der Waals surface area contributed by atoms with E-state index >= 15 is 0 Å². The van der Waals surface area contributed by atoms with Crippen LogP contribution in [0.5, 0.6) is 0 Å². The summed E-state index contributed by atoms with van der Waals surface area (Å²) in [5, 5.41) is 14.9. The second-order valence-corrected chi connectivity index (χ2v) is 7.27. The van der Waals surface area contributed by atoms with Crippen molar-refractivity contribution in [2.75, 3.05) is 13.2 Å². The first-order valence-electron chi connectivity index (χ1n) is 9.44. The number of carboxylic acids is 1. The number of nitrogens with one attached hydrogen (secondary N) is 2. The fourth-order valence-corrected chi connectivity index (χ4v) is 3.70. The number of esters is 1. The Morgan fingerprint density at radius 1 is 1.26 bits per heavy atom. The van der Waals surface area contributed by atoms with Crippen molar-refractivity contribution in [3.63, 3.8) is 0 Å². The number of carbonyl (C=O) groups excluding carboxylic acids is 2. The standard InChI is InChI=1S/C18H30N2O7/c1-10-8-14-13(9-19-10)17(26-12(3)22)16(20-11(2)21)18(27-14)25-7-5-4-6-15(23)24/h10,13-14,16-19H,4-9H2,1-3H3,(H,20,21)(H,23,24)/t10-,13+,14?,16?,17?,18-/m1/s1. The highest BCUT2D eigenvalue weighted by Gasteiger charge is 2.50. The Morgan fingerprint density at radius 2 is 2.00 bits per heavy atom. The number of fused-ring (bicyclic) bond motifs is 1. The summed E-state index contributed by atoms with van der Waals surface area (Å²) in [7, 11) is 0. The zero-order chi connectivity index (χ0) is 20.0. The number of rotatable bonds is 8. The van der Waals surface area contributed by atoms with Gasteiger partial charge in [0, 0.05) is 45.4 Å². The Kier molecular flexibility index (Phi) is 8.00. The second kappa shape index (κ2) is 10.0. The first-order valence-corrected chi connectivity index (χ1v) is 9.44. The van der Waals surface area contributed by atoms with E-state index in [1.807, 2.05) is 0 Å². The Labute approximate surface area is 159 Å². The average molecular weight is 386 g/mol. The number of hydrogen-bond donors (Lipinski definition) is 3. The maximum atomic E-state index is 11.7. The lowest BCUT2D eigenvalue weighted by Crippen LogP contribution is -2.66. The molecule has 3 N–H and O–H groups in total. The van der Waals surface area contributed by atoms with Gasteiger partial charge < -0.3 is 30.0 Å². The van der Waals surface area contributed by atoms with Crippen LogP contribution in [-0.2, 0) is 28.6 Å². The Morgan fingerprint density at radius 3 is 2.63 bits per heavy atom. The summed E-state index contributed by atoms with van der Waals surface area (Å²) in [5.41, 5.74) is 0. The molecule has 154 valence electrons. The first-order chi connectivity index (χ1) is 12.8. The van der Waals surface area contributed by atoms with Crippen LogP contribution in [0.1, 0.15) is 46.5 Å². The lowest BCUT2D eigenvalue weighted by molar-refractivity contribution is -0.260. The number of unbranched alkanes of at least 4 members (excludes halogenated alkanes) is 1. The molecule has 0 aromatic rings. The van der Waals surface area contributed by atoms with E-state index in [2.05, 4.69) is 17.6 Å². The molecule has 2 saturated heterocycles. The van der Waals surface area contributed by atoms with Gasteiger partial charge in [-0.05, 0) is 26.2 Å². The molecule has 0 spiro atoms. The highest BCUT2D eigenvalue weighted by molar-refractivity contribution is 5.73. The van der Waals surface area contributed by atoms with Crippen molar-refractivity contribution in [1.82, 2.24) is 10.6 Å². The van der Waals surface area contributed by atoms with E-state index in [9.17, 15) is 14.4 Å². The predicted octanol–water partition coefficient (Wildman–Crippen LogP) is 0.417. The molecule has 6 atom stereocenters. The largest absolute Gasteiger partial charge is 0.481 e. The Hall–Kier alpha value is -1.71. The van der Waals surface area contributed by atoms with Gasteiger partial charge in [0.1, 0.15) is 12.1 Å². The van der Waals surface area contributed by atoms with Crippen LogP contribution >= 0.6 is 0 Å². The van der Waals surface area contributed by atoms with Gasteiger partial charge >= 0.3 is 11.9 Å². The third-order valence-corrected chi connectivity index (χ3v) is 4.88. The van der Waals surface area contributed by atoms with Gasteiger partial charge in [0.05, 0.1) is 6.10 Å². The van der Waals surface area contributed by atoms with Gasteiger partial charge in [0.2, 0.25) is 5.91 Å². The molecular weight excluding hydrogens is 356 g/mol. The summed E-state index contributed by atoms with van der Waals surface area (Å²) in [5.74, 6) is -1.62. The number of amides is 1. The van der Waals surface area contributed by atoms with Gasteiger partial charge in [-0.1, -0.05) is 0 Å². The molecule has 27 heavy (non-hydrogen) atoms. The number of carboxylic acid groups (broad SMARTS) is 1. The monoisotopic (exact) mass is 386 g/mol. The molecule has 0 aliphatic carbocycles. The summed E-state index contributed by atoms with van der Waals surface area (Å²) in [6.45, 7) is 5.71. The summed E-state index contributed by atoms with van der Waals surface area (Å²) in [6, 6.07) is -0.361. The molecule has 0 radical (unpaired) electrons. The molecular formula is C18H30N2O7. The third kappa shape index (κ3) is 6.44. The quantitative estimate of drug-likeness (QED) is 0.405. The number of piperidine rings is 1. The summed E-state index contributed by atoms with van der Waals surface area (Å²) >= 11 is 0. The molecule has 2 aliphatic heterocycles. The molecule has 1 amide bonds. The zero-order valence-electron chi connectivity index (χ0n) is 16.1. The van der Waals surface area contributed by atoms with E-state index in [4.69, 9.17) is 19.3 Å². The van der Waals surface area contributed by atoms with Crippen molar-refractivity contribution in [3.8, 4) is 0 Å². The minimum absolute atomic E-state index is 0.0773. The summed E-state index contributed by atoms with van der Waals surface area (Å²) in [6.07, 6.45) is 0.404. The molecule has 2 rings (SSSR count). The molecule has 0 aromatic carbocycles. The molecule has 2 aliphatic rings. The number of aliphatic carboxylic acids is 1. The number of carbonyl (C=O) groups is 3. The first kappa shape index (κ1) is 21.6. The van der Waals surface area contributed by atoms with Crippen LogP contribution in [0, 0.1) is 5.92 Å². The number of hydrogen-bond acceptors (Lipinski definition) is 7. The summed E-state index contributed by atoms with van der Waals surface area (Å²) < 4.78 is 17.5. The Balaban J connectivity index is 2.09. The molecule has 2 heterocycles. The van der Waals surface area contributed by atoms with Crippen molar-refractivity contribution >= 4 is 17.8 Å². The van der Waals surface area contributed by atoms with E-state index in [1.165, 1.54) is 13.8 Å². The molecule has 9 heteroatoms. The minimum atomic E-state index is -0.846. The van der Waals surface area contributed by atoms with Gasteiger partial charge in [-0.2, -0.15) is 0 Å². The molecule has 0 saturated carbocycles. The fraction of sp³-hybridized carbons (Fsp3) is 0.833. The molecule has 0 bridgehead atoms. The number of ether oxygens (including phenoxy) is 3. The highest BCUT2D eigenvalue weighted by atomic mass is 16.7. The molecule has 0 aromatic heterocycles. The van der Waals surface area contributed by atoms with Crippen molar-refractivity contribution < 1.29 is 33.7 Å². The van der Waals surface area contributed by atoms with E-state index in [1.54, 1.807) is 0 Å². The molecule has 3 unspecified atom stereocenters. The van der Waals surface area contributed by atoms with Crippen LogP contribution < -0.4 is 10.6 Å². The summed E-state index contributed by atoms with van der Waals surface area (Å²) in [4.78, 5) is 34.0. The van der Waals surface area contributed by atoms with Gasteiger partial charge in [-0.3, -0.25) is 14.4 Å². The van der Waals surface area contributed by atoms with Crippen LogP contribution in [-0.4, -0.2) is 66.7 Å². The van der Waals surface area contributed by atoms with E-state index < -0.39 is 30.4 Å². The van der Waals surface area contributed by atoms with Gasteiger partial charge in [-0.25, -0.2) is 0 Å². The molecule has 2 fully saturated rings. The van der Waals surface area contributed by atoms with Gasteiger partial charge in [0.25, 0.3) is 0 Å². The lowest BCUT2D eigenvalue weighted by atomic mass is 9.82. The highest BCUT2D eigenvalue weighted by Crippen LogP contribution is 2.33. The second-order valence-electron chi connectivity index (χ2n) is 7.27. The Bertz CT molecular complexity index is 542. The van der Waals surface area contributed by atoms with Gasteiger partial charge in [0.15, 0.2) is 6.29 Å². The SMILES string of the molecule is CC(=O)NC1C(OC(C)=O)[C@H]2CN[C@H](C)CC2O[C@H]1OCCCCC(=O)O. The maximum absolute atomic E-state index is 11.7. The third-order valence-electron chi connectivity index (χ3n) is 4.88. The van der Waals surface area contributed by atoms with Crippen molar-refractivity contribution in [3.05, 3.63) is 0 Å². The van der Waals surface area contributed by atoms with Crippen molar-refractivity contribution in [2.24, 2.45) is 5.92 Å². The van der Waals surface area contributed by atoms with Crippen LogP contribution in [0.25, 0.3) is 0 Å². The zero-order valence-corrected chi connectivity index (χ0v) is 16.1. The van der Waals surface area contributed by atoms with Crippen LogP contribution in [0.4, 0.5) is 0 Å². The minimum Gasteiger partial charge on any atom is -0.481 e. The van der Waals surface area contributed by atoms with Crippen molar-refractivity contribution in [2.45, 2.75) is 77.0 Å². The molecule has 9 nitrogen and oxygen atoms in total. The predicted molar refractivity (Wildman–Crippen MR) is 94.8 cm³/mol. The van der Waals surface area contributed by atoms with Crippen LogP contribution in [0.3, 0.4) is 0 Å². The maximum Gasteiger partial charge on any atom is 0.303 e. The van der Waals surface area contributed by atoms with E-state index in [0.717, 1.165) is 6.42 Å². The fourth-order valence-electron chi connectivity index (χ4n) is 3.70. The van der Waals surface area contributed by atoms with Gasteiger partial charge in [-0.15, -0.1) is 0 Å². The van der Waals surface area contributed by atoms with Crippen LogP contribution in [0.15, 0.2) is 0 Å². The smallest absolute Gasteiger partial charge is 0.303 e. The van der Waals surface area contributed by atoms with Crippen molar-refractivity contribution in [1.29, 1.82) is 0 Å². The van der Waals surface area contributed by atoms with Crippen LogP contribution in [0.2, 0.25) is 0 Å². The lowest BCUT2D eigenvalue weighted by Gasteiger charge is -2.49. The van der Waals surface area contributed by atoms with E-state index in [0.29, 0.717) is 26.0 Å².